The number of halogens is 1. The number of hydrogen-bond acceptors (Lipinski definition) is 6. The molecule has 2 aromatic rings. The second-order valence-corrected chi connectivity index (χ2v) is 12.0. The van der Waals surface area contributed by atoms with Crippen LogP contribution in [0.25, 0.3) is 0 Å². The molecule has 3 N–H and O–H groups in total. The minimum atomic E-state index is -3.95. The Morgan fingerprint density at radius 2 is 1.87 bits per heavy atom. The van der Waals surface area contributed by atoms with Crippen LogP contribution in [0.4, 0.5) is 10.5 Å². The van der Waals surface area contributed by atoms with Crippen molar-refractivity contribution >= 4 is 39.2 Å². The van der Waals surface area contributed by atoms with E-state index in [0.29, 0.717) is 5.02 Å². The van der Waals surface area contributed by atoms with E-state index in [1.165, 1.54) is 47.4 Å². The lowest BCUT2D eigenvalue weighted by atomic mass is 9.99. The molecule has 0 aliphatic carbocycles. The highest BCUT2D eigenvalue weighted by molar-refractivity contribution is 7.92. The molecule has 38 heavy (non-hydrogen) atoms. The molecule has 0 radical (unpaired) electrons. The van der Waals surface area contributed by atoms with E-state index in [-0.39, 0.29) is 59.6 Å². The summed E-state index contributed by atoms with van der Waals surface area (Å²) in [4.78, 5) is 29.2. The number of anilines is 1. The molecule has 0 aromatic heterocycles. The van der Waals surface area contributed by atoms with Gasteiger partial charge in [0.05, 0.1) is 29.7 Å². The van der Waals surface area contributed by atoms with Gasteiger partial charge in [0.2, 0.25) is 0 Å². The first kappa shape index (κ1) is 29.5. The lowest BCUT2D eigenvalue weighted by Crippen LogP contribution is -2.51. The minimum absolute atomic E-state index is 0.0170. The fourth-order valence-electron chi connectivity index (χ4n) is 4.04. The van der Waals surface area contributed by atoms with Crippen LogP contribution in [0.15, 0.2) is 47.4 Å². The number of urea groups is 1. The summed E-state index contributed by atoms with van der Waals surface area (Å²) in [5.74, 6) is -0.322. The predicted molar refractivity (Wildman–Crippen MR) is 146 cm³/mol. The molecule has 1 heterocycles. The van der Waals surface area contributed by atoms with Gasteiger partial charge in [0, 0.05) is 36.3 Å². The zero-order chi connectivity index (χ0) is 28.2. The van der Waals surface area contributed by atoms with E-state index in [4.69, 9.17) is 16.3 Å². The number of hydrogen-bond donors (Lipinski definition) is 3. The van der Waals surface area contributed by atoms with Gasteiger partial charge in [0.25, 0.3) is 15.9 Å². The van der Waals surface area contributed by atoms with Crippen LogP contribution in [0.2, 0.25) is 5.02 Å². The van der Waals surface area contributed by atoms with Crippen LogP contribution in [-0.2, 0) is 10.0 Å². The number of nitrogens with zero attached hydrogens (tertiary/aromatic N) is 2. The number of benzene rings is 2. The van der Waals surface area contributed by atoms with Gasteiger partial charge < -0.3 is 25.0 Å². The Morgan fingerprint density at radius 1 is 1.21 bits per heavy atom. The van der Waals surface area contributed by atoms with Gasteiger partial charge in [-0.2, -0.15) is 0 Å². The smallest absolute Gasteiger partial charge is 0.317 e. The van der Waals surface area contributed by atoms with E-state index >= 15 is 0 Å². The SMILES string of the molecule is CC(C)NC(=O)N(C)C[C@@H]1Oc2ccc(NS(=O)(=O)c3ccc(Cl)cc3)cc2C(=O)N([C@H](C)CO)C[C@H]1C. The summed E-state index contributed by atoms with van der Waals surface area (Å²) >= 11 is 5.88. The molecular weight excluding hydrogens is 532 g/mol. The Bertz CT molecular complexity index is 1250. The summed E-state index contributed by atoms with van der Waals surface area (Å²) in [6.07, 6.45) is -0.477. The van der Waals surface area contributed by atoms with Gasteiger partial charge in [0.15, 0.2) is 0 Å². The Hall–Kier alpha value is -3.02. The van der Waals surface area contributed by atoms with Gasteiger partial charge in [-0.15, -0.1) is 0 Å². The van der Waals surface area contributed by atoms with Crippen LogP contribution in [0.3, 0.4) is 0 Å². The third-order valence-electron chi connectivity index (χ3n) is 6.25. The summed E-state index contributed by atoms with van der Waals surface area (Å²) < 4.78 is 34.6. The van der Waals surface area contributed by atoms with E-state index < -0.39 is 28.1 Å². The molecule has 1 aliphatic rings. The molecule has 0 saturated heterocycles. The van der Waals surface area contributed by atoms with Crippen molar-refractivity contribution in [3.63, 3.8) is 0 Å². The fraction of sp³-hybridized carbons (Fsp3) is 0.462. The lowest BCUT2D eigenvalue weighted by Gasteiger charge is -2.38. The molecule has 0 unspecified atom stereocenters. The fourth-order valence-corrected chi connectivity index (χ4v) is 5.22. The Balaban J connectivity index is 1.96. The number of likely N-dealkylation sites (N-methyl/N-ethyl adjacent to an activating group) is 1. The molecule has 3 atom stereocenters. The predicted octanol–water partition coefficient (Wildman–Crippen LogP) is 3.41. The molecule has 12 heteroatoms. The van der Waals surface area contributed by atoms with E-state index in [1.54, 1.807) is 18.9 Å². The van der Waals surface area contributed by atoms with Crippen LogP contribution < -0.4 is 14.8 Å². The number of nitrogens with one attached hydrogen (secondary N) is 2. The minimum Gasteiger partial charge on any atom is -0.487 e. The number of amides is 3. The van der Waals surface area contributed by atoms with Crippen molar-refractivity contribution in [3.8, 4) is 5.75 Å². The Morgan fingerprint density at radius 3 is 2.47 bits per heavy atom. The highest BCUT2D eigenvalue weighted by Gasteiger charge is 2.34. The monoisotopic (exact) mass is 566 g/mol. The van der Waals surface area contributed by atoms with E-state index in [1.807, 2.05) is 20.8 Å². The quantitative estimate of drug-likeness (QED) is 0.449. The van der Waals surface area contributed by atoms with Crippen molar-refractivity contribution in [2.45, 2.75) is 50.8 Å². The maximum atomic E-state index is 13.6. The molecule has 0 saturated carbocycles. The molecule has 208 valence electrons. The first-order chi connectivity index (χ1) is 17.8. The average Bonchev–Trinajstić information content (AvgIpc) is 2.85. The van der Waals surface area contributed by atoms with Crippen molar-refractivity contribution < 1.29 is 27.9 Å². The summed E-state index contributed by atoms with van der Waals surface area (Å²) in [7, 11) is -2.28. The van der Waals surface area contributed by atoms with Gasteiger partial charge >= 0.3 is 6.03 Å². The summed E-state index contributed by atoms with van der Waals surface area (Å²) in [5, 5.41) is 13.1. The zero-order valence-electron chi connectivity index (χ0n) is 22.1. The van der Waals surface area contributed by atoms with Gasteiger partial charge in [0.1, 0.15) is 11.9 Å². The van der Waals surface area contributed by atoms with Crippen molar-refractivity contribution in [2.24, 2.45) is 5.92 Å². The van der Waals surface area contributed by atoms with Crippen molar-refractivity contribution in [3.05, 3.63) is 53.1 Å². The molecule has 3 rings (SSSR count). The third kappa shape index (κ3) is 7.09. The maximum absolute atomic E-state index is 13.6. The Labute approximate surface area is 229 Å². The molecule has 1 aliphatic heterocycles. The molecular formula is C26H35ClN4O6S. The standard InChI is InChI=1S/C26H35ClN4O6S/c1-16(2)28-26(34)30(5)14-24-17(3)13-31(18(4)15-32)25(33)22-12-20(8-11-23(22)37-24)29-38(35,36)21-9-6-19(27)7-10-21/h6-12,16-18,24,29,32H,13-15H2,1-5H3,(H,28,34)/t17-,18-,24+/m1/s1. The molecule has 2 aromatic carbocycles. The number of fused-ring (bicyclic) bond motifs is 1. The summed E-state index contributed by atoms with van der Waals surface area (Å²) in [5.41, 5.74) is 0.318. The van der Waals surface area contributed by atoms with E-state index in [9.17, 15) is 23.1 Å². The normalized spacial score (nSPS) is 18.6. The Kier molecular flexibility index (Phi) is 9.50. The highest BCUT2D eigenvalue weighted by atomic mass is 35.5. The van der Waals surface area contributed by atoms with Crippen LogP contribution in [0, 0.1) is 5.92 Å². The van der Waals surface area contributed by atoms with Gasteiger partial charge in [-0.1, -0.05) is 18.5 Å². The maximum Gasteiger partial charge on any atom is 0.317 e. The second-order valence-electron chi connectivity index (χ2n) is 9.88. The third-order valence-corrected chi connectivity index (χ3v) is 7.90. The van der Waals surface area contributed by atoms with Gasteiger partial charge in [-0.25, -0.2) is 13.2 Å². The van der Waals surface area contributed by atoms with E-state index in [0.717, 1.165) is 0 Å². The molecule has 3 amide bonds. The summed E-state index contributed by atoms with van der Waals surface area (Å²) in [6, 6.07) is 9.41. The van der Waals surface area contributed by atoms with Crippen molar-refractivity contribution in [1.82, 2.24) is 15.1 Å². The number of rotatable bonds is 8. The van der Waals surface area contributed by atoms with Crippen LogP contribution in [0.5, 0.6) is 5.75 Å². The number of sulfonamides is 1. The number of ether oxygens (including phenoxy) is 1. The lowest BCUT2D eigenvalue weighted by molar-refractivity contribution is 0.0366. The van der Waals surface area contributed by atoms with Crippen LogP contribution in [-0.4, -0.2) is 80.2 Å². The first-order valence-electron chi connectivity index (χ1n) is 12.3. The summed E-state index contributed by atoms with van der Waals surface area (Å²) in [6.45, 7) is 7.66. The zero-order valence-corrected chi connectivity index (χ0v) is 23.7. The number of aliphatic hydroxyl groups is 1. The number of aliphatic hydroxyl groups excluding tert-OH is 1. The van der Waals surface area contributed by atoms with Crippen molar-refractivity contribution in [1.29, 1.82) is 0 Å². The topological polar surface area (TPSA) is 128 Å². The average molecular weight is 567 g/mol. The van der Waals surface area contributed by atoms with E-state index in [2.05, 4.69) is 10.0 Å². The van der Waals surface area contributed by atoms with Crippen LogP contribution >= 0.6 is 11.6 Å². The largest absolute Gasteiger partial charge is 0.487 e. The van der Waals surface area contributed by atoms with Gasteiger partial charge in [-0.05, 0) is 63.2 Å². The number of carbonyl (C=O) groups is 2. The molecule has 0 spiro atoms. The number of carbonyl (C=O) groups excluding carboxylic acids is 2. The molecule has 10 nitrogen and oxygen atoms in total. The first-order valence-corrected chi connectivity index (χ1v) is 14.2. The highest BCUT2D eigenvalue weighted by Crippen LogP contribution is 2.31. The van der Waals surface area contributed by atoms with Crippen molar-refractivity contribution in [2.75, 3.05) is 31.5 Å². The second kappa shape index (κ2) is 12.2. The van der Waals surface area contributed by atoms with Gasteiger partial charge in [-0.3, -0.25) is 9.52 Å². The molecule has 0 fully saturated rings. The molecule has 0 bridgehead atoms. The van der Waals surface area contributed by atoms with Crippen LogP contribution in [0.1, 0.15) is 38.1 Å².